The summed E-state index contributed by atoms with van der Waals surface area (Å²) in [6.45, 7) is 0.993. The van der Waals surface area contributed by atoms with Crippen LogP contribution in [-0.4, -0.2) is 0 Å². The Bertz CT molecular complexity index is 431. The molecule has 0 aliphatic heterocycles. The van der Waals surface area contributed by atoms with Crippen LogP contribution in [0.3, 0.4) is 0 Å². The average Bonchev–Trinajstić information content (AvgIpc) is 2.78. The van der Waals surface area contributed by atoms with Crippen molar-refractivity contribution < 1.29 is 4.42 Å². The number of benzene rings is 1. The van der Waals surface area contributed by atoms with Crippen molar-refractivity contribution in [2.45, 2.75) is 13.1 Å². The van der Waals surface area contributed by atoms with Crippen LogP contribution in [0.4, 0.5) is 0 Å². The summed E-state index contributed by atoms with van der Waals surface area (Å²) >= 11 is 0. The smallest absolute Gasteiger partial charge is 0.134 e. The van der Waals surface area contributed by atoms with Gasteiger partial charge in [-0.2, -0.15) is 0 Å². The maximum absolute atomic E-state index is 5.54. The highest BCUT2D eigenvalue weighted by Gasteiger charge is 2.03. The Balaban J connectivity index is 2.28. The van der Waals surface area contributed by atoms with E-state index in [1.807, 2.05) is 36.4 Å². The lowest BCUT2D eigenvalue weighted by molar-refractivity contribution is 0.525. The van der Waals surface area contributed by atoms with E-state index < -0.39 is 0 Å². The lowest BCUT2D eigenvalue weighted by Gasteiger charge is -1.99. The van der Waals surface area contributed by atoms with Gasteiger partial charge in [0.1, 0.15) is 11.5 Å². The zero-order chi connectivity index (χ0) is 10.7. The van der Waals surface area contributed by atoms with Gasteiger partial charge in [0.05, 0.1) is 6.54 Å². The maximum atomic E-state index is 5.54. The molecule has 0 amide bonds. The molecule has 1 aromatic heterocycles. The molecule has 2 rings (SSSR count). The highest BCUT2D eigenvalue weighted by molar-refractivity contribution is 5.57. The number of hydrogen-bond donors (Lipinski definition) is 2. The van der Waals surface area contributed by atoms with Crippen LogP contribution in [0.5, 0.6) is 0 Å². The molecule has 0 unspecified atom stereocenters. The van der Waals surface area contributed by atoms with E-state index in [0.29, 0.717) is 13.1 Å². The van der Waals surface area contributed by atoms with E-state index in [-0.39, 0.29) is 0 Å². The van der Waals surface area contributed by atoms with Gasteiger partial charge in [-0.05, 0) is 17.7 Å². The summed E-state index contributed by atoms with van der Waals surface area (Å²) in [6, 6.07) is 11.8. The van der Waals surface area contributed by atoms with E-state index in [4.69, 9.17) is 15.9 Å². The van der Waals surface area contributed by atoms with Crippen LogP contribution in [0.25, 0.3) is 11.3 Å². The Labute approximate surface area is 88.7 Å². The lowest BCUT2D eigenvalue weighted by Crippen LogP contribution is -1.95. The van der Waals surface area contributed by atoms with E-state index in [1.54, 1.807) is 0 Å². The van der Waals surface area contributed by atoms with Crippen molar-refractivity contribution in [3.8, 4) is 11.3 Å². The summed E-state index contributed by atoms with van der Waals surface area (Å²) in [6.07, 6.45) is 0. The number of nitrogens with two attached hydrogens (primary N) is 2. The van der Waals surface area contributed by atoms with Crippen molar-refractivity contribution in [2.75, 3.05) is 0 Å². The molecule has 0 atom stereocenters. The second-order valence-electron chi connectivity index (χ2n) is 3.37. The summed E-state index contributed by atoms with van der Waals surface area (Å²) in [5.41, 5.74) is 13.2. The minimum Gasteiger partial charge on any atom is -0.460 e. The zero-order valence-electron chi connectivity index (χ0n) is 8.44. The molecule has 4 N–H and O–H groups in total. The first-order chi connectivity index (χ1) is 7.33. The molecule has 2 aromatic rings. The molecule has 0 aliphatic rings. The molecule has 0 saturated carbocycles. The third-order valence-corrected chi connectivity index (χ3v) is 2.34. The minimum atomic E-state index is 0.431. The molecule has 15 heavy (non-hydrogen) atoms. The number of hydrogen-bond acceptors (Lipinski definition) is 3. The molecule has 3 heteroatoms. The van der Waals surface area contributed by atoms with Gasteiger partial charge in [0.25, 0.3) is 0 Å². The monoisotopic (exact) mass is 202 g/mol. The van der Waals surface area contributed by atoms with Gasteiger partial charge in [-0.25, -0.2) is 0 Å². The van der Waals surface area contributed by atoms with Gasteiger partial charge in [0, 0.05) is 12.1 Å². The molecular formula is C12H14N2O. The van der Waals surface area contributed by atoms with Gasteiger partial charge >= 0.3 is 0 Å². The predicted octanol–water partition coefficient (Wildman–Crippen LogP) is 1.86. The van der Waals surface area contributed by atoms with Crippen LogP contribution >= 0.6 is 0 Å². The van der Waals surface area contributed by atoms with Crippen LogP contribution in [0, 0.1) is 0 Å². The summed E-state index contributed by atoms with van der Waals surface area (Å²) in [4.78, 5) is 0. The molecular weight excluding hydrogens is 188 g/mol. The van der Waals surface area contributed by atoms with Crippen LogP contribution in [-0.2, 0) is 13.1 Å². The normalized spacial score (nSPS) is 10.5. The quantitative estimate of drug-likeness (QED) is 0.798. The summed E-state index contributed by atoms with van der Waals surface area (Å²) in [5.74, 6) is 1.65. The predicted molar refractivity (Wildman–Crippen MR) is 59.9 cm³/mol. The van der Waals surface area contributed by atoms with Gasteiger partial charge in [0.15, 0.2) is 0 Å². The van der Waals surface area contributed by atoms with Crippen LogP contribution in [0.15, 0.2) is 40.8 Å². The lowest BCUT2D eigenvalue weighted by atomic mass is 10.1. The fourth-order valence-corrected chi connectivity index (χ4v) is 1.45. The van der Waals surface area contributed by atoms with Crippen LogP contribution in [0.2, 0.25) is 0 Å². The Morgan fingerprint density at radius 1 is 0.867 bits per heavy atom. The van der Waals surface area contributed by atoms with Crippen molar-refractivity contribution in [3.63, 3.8) is 0 Å². The molecule has 3 nitrogen and oxygen atoms in total. The van der Waals surface area contributed by atoms with Crippen LogP contribution < -0.4 is 11.5 Å². The van der Waals surface area contributed by atoms with E-state index in [9.17, 15) is 0 Å². The Kier molecular flexibility index (Phi) is 2.85. The van der Waals surface area contributed by atoms with E-state index in [1.165, 1.54) is 0 Å². The first-order valence-electron chi connectivity index (χ1n) is 4.91. The SMILES string of the molecule is NCc1ccc(-c2ccc(CN)o2)cc1. The highest BCUT2D eigenvalue weighted by atomic mass is 16.3. The molecule has 1 heterocycles. The van der Waals surface area contributed by atoms with Crippen molar-refractivity contribution in [3.05, 3.63) is 47.7 Å². The molecule has 0 spiro atoms. The van der Waals surface area contributed by atoms with Gasteiger partial charge in [0.2, 0.25) is 0 Å². The van der Waals surface area contributed by atoms with Gasteiger partial charge in [-0.15, -0.1) is 0 Å². The topological polar surface area (TPSA) is 65.2 Å². The van der Waals surface area contributed by atoms with Gasteiger partial charge < -0.3 is 15.9 Å². The standard InChI is InChI=1S/C12H14N2O/c13-7-9-1-3-10(4-2-9)12-6-5-11(8-14)15-12/h1-6H,7-8,13-14H2. The third kappa shape index (κ3) is 2.09. The molecule has 1 aromatic carbocycles. The molecule has 0 bridgehead atoms. The van der Waals surface area contributed by atoms with Gasteiger partial charge in [-0.3, -0.25) is 0 Å². The van der Waals surface area contributed by atoms with Crippen molar-refractivity contribution in [2.24, 2.45) is 11.5 Å². The van der Waals surface area contributed by atoms with Crippen molar-refractivity contribution >= 4 is 0 Å². The number of furan rings is 1. The largest absolute Gasteiger partial charge is 0.460 e. The van der Waals surface area contributed by atoms with Gasteiger partial charge in [-0.1, -0.05) is 24.3 Å². The Hall–Kier alpha value is -1.58. The fraction of sp³-hybridized carbons (Fsp3) is 0.167. The summed E-state index contributed by atoms with van der Waals surface area (Å²) < 4.78 is 5.54. The Morgan fingerprint density at radius 3 is 2.13 bits per heavy atom. The van der Waals surface area contributed by atoms with Crippen LogP contribution in [0.1, 0.15) is 11.3 Å². The second kappa shape index (κ2) is 4.29. The van der Waals surface area contributed by atoms with Crippen molar-refractivity contribution in [1.29, 1.82) is 0 Å². The molecule has 0 aliphatic carbocycles. The van der Waals surface area contributed by atoms with Crippen molar-refractivity contribution in [1.82, 2.24) is 0 Å². The molecule has 0 fully saturated rings. The summed E-state index contributed by atoms with van der Waals surface area (Å²) in [5, 5.41) is 0. The average molecular weight is 202 g/mol. The Morgan fingerprint density at radius 2 is 1.60 bits per heavy atom. The second-order valence-corrected chi connectivity index (χ2v) is 3.37. The van der Waals surface area contributed by atoms with E-state index in [2.05, 4.69) is 0 Å². The maximum Gasteiger partial charge on any atom is 0.134 e. The first kappa shape index (κ1) is 9.96. The fourth-order valence-electron chi connectivity index (χ4n) is 1.45. The molecule has 0 saturated heterocycles. The van der Waals surface area contributed by atoms with E-state index >= 15 is 0 Å². The first-order valence-corrected chi connectivity index (χ1v) is 4.91. The molecule has 0 radical (unpaired) electrons. The summed E-state index contributed by atoms with van der Waals surface area (Å²) in [7, 11) is 0. The third-order valence-electron chi connectivity index (χ3n) is 2.34. The highest BCUT2D eigenvalue weighted by Crippen LogP contribution is 2.22. The zero-order valence-corrected chi connectivity index (χ0v) is 8.44. The molecule has 78 valence electrons. The van der Waals surface area contributed by atoms with E-state index in [0.717, 1.165) is 22.6 Å². The number of rotatable bonds is 3. The minimum absolute atomic E-state index is 0.431.